The third-order valence-corrected chi connectivity index (χ3v) is 4.42. The van der Waals surface area contributed by atoms with Crippen molar-refractivity contribution < 1.29 is 0 Å². The molecule has 1 saturated heterocycles. The van der Waals surface area contributed by atoms with Gasteiger partial charge in [-0.25, -0.2) is 15.0 Å². The zero-order valence-corrected chi connectivity index (χ0v) is 14.3. The van der Waals surface area contributed by atoms with Crippen LogP contribution in [0.5, 0.6) is 0 Å². The van der Waals surface area contributed by atoms with Gasteiger partial charge in [0.2, 0.25) is 0 Å². The van der Waals surface area contributed by atoms with E-state index >= 15 is 0 Å². The van der Waals surface area contributed by atoms with Gasteiger partial charge in [0.1, 0.15) is 12.1 Å². The molecule has 0 aromatic carbocycles. The van der Waals surface area contributed by atoms with Gasteiger partial charge in [0.15, 0.2) is 0 Å². The first kappa shape index (κ1) is 16.6. The van der Waals surface area contributed by atoms with Crippen molar-refractivity contribution in [1.29, 1.82) is 0 Å². The Morgan fingerprint density at radius 1 is 1.08 bits per heavy atom. The first-order valence-electron chi connectivity index (χ1n) is 8.41. The highest BCUT2D eigenvalue weighted by molar-refractivity contribution is 5.35. The zero-order chi connectivity index (χ0) is 16.9. The molecule has 0 unspecified atom stereocenters. The third kappa shape index (κ3) is 4.38. The molecule has 0 bridgehead atoms. The van der Waals surface area contributed by atoms with Crippen molar-refractivity contribution in [2.75, 3.05) is 25.0 Å². The van der Waals surface area contributed by atoms with Crippen molar-refractivity contribution >= 4 is 5.82 Å². The second kappa shape index (κ2) is 7.53. The molecule has 3 heterocycles. The zero-order valence-electron chi connectivity index (χ0n) is 14.3. The van der Waals surface area contributed by atoms with Crippen LogP contribution in [0.15, 0.2) is 29.6 Å². The monoisotopic (exact) mass is 328 g/mol. The largest absolute Gasteiger partial charge is 0.367 e. The van der Waals surface area contributed by atoms with Crippen LogP contribution in [0.2, 0.25) is 0 Å². The molecule has 0 saturated carbocycles. The van der Waals surface area contributed by atoms with Crippen LogP contribution in [0, 0.1) is 13.8 Å². The fourth-order valence-electron chi connectivity index (χ4n) is 2.98. The summed E-state index contributed by atoms with van der Waals surface area (Å²) in [5, 5.41) is 3.49. The molecule has 0 atom stereocenters. The lowest BCUT2D eigenvalue weighted by atomic mass is 10.1. The number of nitrogens with zero attached hydrogens (tertiary/aromatic N) is 5. The summed E-state index contributed by atoms with van der Waals surface area (Å²) in [4.78, 5) is 26.9. The van der Waals surface area contributed by atoms with E-state index in [0.717, 1.165) is 49.7 Å². The number of rotatable bonds is 5. The Balaban J connectivity index is 1.46. The first-order valence-corrected chi connectivity index (χ1v) is 8.41. The topological polar surface area (TPSA) is 75.9 Å². The maximum absolute atomic E-state index is 11.9. The van der Waals surface area contributed by atoms with Gasteiger partial charge in [-0.15, -0.1) is 0 Å². The minimum absolute atomic E-state index is 0.0261. The molecule has 1 aliphatic heterocycles. The SMILES string of the molecule is Cc1cc(NC2CCN(CCn3cnc(C)cc3=O)CC2)ncn1. The maximum atomic E-state index is 11.9. The van der Waals surface area contributed by atoms with Crippen LogP contribution in [0.25, 0.3) is 0 Å². The molecule has 2 aromatic heterocycles. The lowest BCUT2D eigenvalue weighted by Crippen LogP contribution is -2.41. The summed E-state index contributed by atoms with van der Waals surface area (Å²) >= 11 is 0. The number of hydrogen-bond donors (Lipinski definition) is 1. The summed E-state index contributed by atoms with van der Waals surface area (Å²) in [5.74, 6) is 0.901. The van der Waals surface area contributed by atoms with Gasteiger partial charge in [-0.3, -0.25) is 9.36 Å². The summed E-state index contributed by atoms with van der Waals surface area (Å²) in [6.45, 7) is 7.42. The highest BCUT2D eigenvalue weighted by Crippen LogP contribution is 2.15. The van der Waals surface area contributed by atoms with Crippen molar-refractivity contribution in [2.45, 2.75) is 39.3 Å². The molecule has 2 aromatic rings. The van der Waals surface area contributed by atoms with Crippen LogP contribution in [0.3, 0.4) is 0 Å². The number of likely N-dealkylation sites (tertiary alicyclic amines) is 1. The van der Waals surface area contributed by atoms with Gasteiger partial charge < -0.3 is 10.2 Å². The summed E-state index contributed by atoms with van der Waals surface area (Å²) in [6, 6.07) is 4.00. The van der Waals surface area contributed by atoms with Gasteiger partial charge in [-0.05, 0) is 26.7 Å². The van der Waals surface area contributed by atoms with E-state index in [-0.39, 0.29) is 5.56 Å². The van der Waals surface area contributed by atoms with Gasteiger partial charge in [-0.1, -0.05) is 0 Å². The smallest absolute Gasteiger partial charge is 0.253 e. The van der Waals surface area contributed by atoms with Gasteiger partial charge in [0.25, 0.3) is 5.56 Å². The average molecular weight is 328 g/mol. The number of hydrogen-bond acceptors (Lipinski definition) is 6. The minimum atomic E-state index is 0.0261. The maximum Gasteiger partial charge on any atom is 0.253 e. The van der Waals surface area contributed by atoms with Crippen LogP contribution in [-0.2, 0) is 6.54 Å². The number of anilines is 1. The van der Waals surface area contributed by atoms with Crippen LogP contribution in [0.1, 0.15) is 24.2 Å². The Morgan fingerprint density at radius 2 is 1.83 bits per heavy atom. The Hall–Kier alpha value is -2.28. The van der Waals surface area contributed by atoms with E-state index < -0.39 is 0 Å². The van der Waals surface area contributed by atoms with E-state index in [1.807, 2.05) is 19.9 Å². The summed E-state index contributed by atoms with van der Waals surface area (Å²) in [6.07, 6.45) is 5.39. The van der Waals surface area contributed by atoms with E-state index in [1.165, 1.54) is 0 Å². The second-order valence-corrected chi connectivity index (χ2v) is 6.37. The molecule has 0 radical (unpaired) electrons. The lowest BCUT2D eigenvalue weighted by molar-refractivity contribution is 0.210. The van der Waals surface area contributed by atoms with Gasteiger partial charge in [0, 0.05) is 55.7 Å². The van der Waals surface area contributed by atoms with E-state index in [9.17, 15) is 4.79 Å². The molecule has 1 N–H and O–H groups in total. The molecule has 7 nitrogen and oxygen atoms in total. The van der Waals surface area contributed by atoms with Crippen molar-refractivity contribution in [3.05, 3.63) is 46.5 Å². The molecule has 0 aliphatic carbocycles. The third-order valence-electron chi connectivity index (χ3n) is 4.42. The number of aromatic nitrogens is 4. The molecule has 24 heavy (non-hydrogen) atoms. The van der Waals surface area contributed by atoms with E-state index in [4.69, 9.17) is 0 Å². The van der Waals surface area contributed by atoms with Gasteiger partial charge in [0.05, 0.1) is 6.33 Å². The van der Waals surface area contributed by atoms with Gasteiger partial charge >= 0.3 is 0 Å². The molecule has 0 spiro atoms. The molecule has 3 rings (SSSR count). The van der Waals surface area contributed by atoms with Crippen LogP contribution in [-0.4, -0.2) is 50.1 Å². The van der Waals surface area contributed by atoms with E-state index in [0.29, 0.717) is 12.6 Å². The van der Waals surface area contributed by atoms with E-state index in [1.54, 1.807) is 23.3 Å². The fraction of sp³-hybridized carbons (Fsp3) is 0.529. The predicted octanol–water partition coefficient (Wildman–Crippen LogP) is 1.23. The highest BCUT2D eigenvalue weighted by atomic mass is 16.1. The normalized spacial score (nSPS) is 16.2. The fourth-order valence-corrected chi connectivity index (χ4v) is 2.98. The van der Waals surface area contributed by atoms with Crippen molar-refractivity contribution in [2.24, 2.45) is 0 Å². The van der Waals surface area contributed by atoms with Crippen LogP contribution >= 0.6 is 0 Å². The minimum Gasteiger partial charge on any atom is -0.367 e. The molecule has 0 amide bonds. The Labute approximate surface area is 141 Å². The Morgan fingerprint density at radius 3 is 2.54 bits per heavy atom. The standard InChI is InChI=1S/C17H24N6O/c1-13-9-16(19-11-18-13)21-15-3-5-22(6-4-15)7-8-23-12-20-14(2)10-17(23)24/h9-12,15H,3-8H2,1-2H3,(H,18,19,21). The van der Waals surface area contributed by atoms with Crippen molar-refractivity contribution in [3.8, 4) is 0 Å². The molecule has 128 valence electrons. The summed E-state index contributed by atoms with van der Waals surface area (Å²) in [5.41, 5.74) is 1.77. The van der Waals surface area contributed by atoms with Crippen molar-refractivity contribution in [3.63, 3.8) is 0 Å². The molecule has 1 fully saturated rings. The number of piperidine rings is 1. The molecule has 7 heteroatoms. The number of nitrogens with one attached hydrogen (secondary N) is 1. The Bertz CT molecular complexity index is 736. The number of aryl methyl sites for hydroxylation is 2. The first-order chi connectivity index (χ1) is 11.6. The molecule has 1 aliphatic rings. The van der Waals surface area contributed by atoms with Crippen LogP contribution in [0.4, 0.5) is 5.82 Å². The van der Waals surface area contributed by atoms with Crippen LogP contribution < -0.4 is 10.9 Å². The van der Waals surface area contributed by atoms with E-state index in [2.05, 4.69) is 25.2 Å². The molecular formula is C17H24N6O. The second-order valence-electron chi connectivity index (χ2n) is 6.37. The summed E-state index contributed by atoms with van der Waals surface area (Å²) < 4.78 is 1.68. The highest BCUT2D eigenvalue weighted by Gasteiger charge is 2.19. The average Bonchev–Trinajstić information content (AvgIpc) is 2.55. The quantitative estimate of drug-likeness (QED) is 0.889. The molecular weight excluding hydrogens is 304 g/mol. The Kier molecular flexibility index (Phi) is 5.20. The van der Waals surface area contributed by atoms with Gasteiger partial charge in [-0.2, -0.15) is 0 Å². The lowest BCUT2D eigenvalue weighted by Gasteiger charge is -2.32. The van der Waals surface area contributed by atoms with Crippen molar-refractivity contribution in [1.82, 2.24) is 24.4 Å². The summed E-state index contributed by atoms with van der Waals surface area (Å²) in [7, 11) is 0. The predicted molar refractivity (Wildman–Crippen MR) is 93.1 cm³/mol.